The average molecular weight is 544 g/mol. The number of hydrogen-bond donors (Lipinski definition) is 0. The van der Waals surface area contributed by atoms with Crippen LogP contribution >= 0.6 is 0 Å². The number of aryl methyl sites for hydroxylation is 1. The van der Waals surface area contributed by atoms with Crippen LogP contribution in [-0.2, 0) is 4.79 Å². The van der Waals surface area contributed by atoms with Crippen molar-refractivity contribution < 1.29 is 14.0 Å². The number of benzene rings is 4. The highest BCUT2D eigenvalue weighted by molar-refractivity contribution is 6.05. The van der Waals surface area contributed by atoms with Crippen LogP contribution in [0.25, 0.3) is 16.8 Å². The topological polar surface area (TPSA) is 55.2 Å². The molecular weight excluding hydrogens is 513 g/mol. The monoisotopic (exact) mass is 543 g/mol. The number of aromatic nitrogens is 2. The molecule has 4 aromatic carbocycles. The second-order valence-electron chi connectivity index (χ2n) is 10.4. The van der Waals surface area contributed by atoms with Crippen LogP contribution in [0.15, 0.2) is 109 Å². The third kappa shape index (κ3) is 4.86. The number of para-hydroxylation sites is 1. The predicted octanol–water partition coefficient (Wildman–Crippen LogP) is 7.37. The molecule has 6 heteroatoms. The maximum atomic E-state index is 14.3. The van der Waals surface area contributed by atoms with E-state index in [0.717, 1.165) is 33.6 Å². The van der Waals surface area contributed by atoms with Crippen molar-refractivity contribution >= 4 is 17.5 Å². The van der Waals surface area contributed by atoms with Gasteiger partial charge < -0.3 is 0 Å². The van der Waals surface area contributed by atoms with Crippen molar-refractivity contribution in [3.63, 3.8) is 0 Å². The van der Waals surface area contributed by atoms with Gasteiger partial charge >= 0.3 is 0 Å². The number of ketones is 1. The molecule has 0 saturated heterocycles. The minimum atomic E-state index is -0.673. The Morgan fingerprint density at radius 2 is 1.51 bits per heavy atom. The minimum Gasteiger partial charge on any atom is -0.296 e. The number of carbonyl (C=O) groups excluding carboxylic acids is 2. The highest BCUT2D eigenvalue weighted by Crippen LogP contribution is 2.47. The third-order valence-corrected chi connectivity index (χ3v) is 7.88. The summed E-state index contributed by atoms with van der Waals surface area (Å²) in [5, 5.41) is 4.87. The standard InChI is InChI=1S/C35H30FN3O2/c1-3-38-34-32(23(2)37-39(34)29-15-8-5-9-16-29)33(25-17-19-28(36)20-18-25)30(35(38)41)22-31(40)27-14-10-13-26(21-27)24-11-6-4-7-12-24/h4-21,30,33H,3,22H2,1-2H3/t30-,33+/m0/s1. The lowest BCUT2D eigenvalue weighted by Gasteiger charge is -2.38. The zero-order valence-electron chi connectivity index (χ0n) is 23.0. The number of nitrogens with zero attached hydrogens (tertiary/aromatic N) is 3. The molecule has 6 rings (SSSR count). The van der Waals surface area contributed by atoms with Crippen molar-refractivity contribution in [2.24, 2.45) is 5.92 Å². The fourth-order valence-corrected chi connectivity index (χ4v) is 5.95. The van der Waals surface area contributed by atoms with Crippen molar-refractivity contribution in [3.05, 3.63) is 137 Å². The quantitative estimate of drug-likeness (QED) is 0.201. The van der Waals surface area contributed by atoms with Crippen molar-refractivity contribution in [1.82, 2.24) is 9.78 Å². The van der Waals surface area contributed by atoms with Crippen molar-refractivity contribution in [2.45, 2.75) is 26.2 Å². The Labute approximate surface area is 238 Å². The summed E-state index contributed by atoms with van der Waals surface area (Å²) < 4.78 is 15.8. The van der Waals surface area contributed by atoms with Gasteiger partial charge in [0.05, 0.1) is 17.3 Å². The Balaban J connectivity index is 1.45. The maximum Gasteiger partial charge on any atom is 0.232 e. The van der Waals surface area contributed by atoms with Crippen LogP contribution < -0.4 is 4.90 Å². The van der Waals surface area contributed by atoms with E-state index >= 15 is 0 Å². The van der Waals surface area contributed by atoms with Gasteiger partial charge in [0.2, 0.25) is 5.91 Å². The highest BCUT2D eigenvalue weighted by Gasteiger charge is 2.45. The van der Waals surface area contributed by atoms with Gasteiger partial charge in [0, 0.05) is 30.0 Å². The molecule has 5 aromatic rings. The molecule has 0 saturated carbocycles. The fourth-order valence-electron chi connectivity index (χ4n) is 5.95. The first kappa shape index (κ1) is 26.4. The van der Waals surface area contributed by atoms with Gasteiger partial charge in [0.15, 0.2) is 5.78 Å². The van der Waals surface area contributed by atoms with Crippen LogP contribution in [0.3, 0.4) is 0 Å². The average Bonchev–Trinajstić information content (AvgIpc) is 3.35. The number of hydrogen-bond acceptors (Lipinski definition) is 3. The molecule has 1 aromatic heterocycles. The Morgan fingerprint density at radius 3 is 2.20 bits per heavy atom. The van der Waals surface area contributed by atoms with Crippen LogP contribution in [0.1, 0.15) is 46.4 Å². The van der Waals surface area contributed by atoms with Gasteiger partial charge in [-0.3, -0.25) is 14.5 Å². The second-order valence-corrected chi connectivity index (χ2v) is 10.4. The summed E-state index contributed by atoms with van der Waals surface area (Å²) >= 11 is 0. The van der Waals surface area contributed by atoms with Crippen LogP contribution in [0.2, 0.25) is 0 Å². The molecule has 0 spiro atoms. The Kier molecular flexibility index (Phi) is 7.06. The van der Waals surface area contributed by atoms with E-state index in [1.165, 1.54) is 12.1 Å². The lowest BCUT2D eigenvalue weighted by Crippen LogP contribution is -2.45. The molecular formula is C35H30FN3O2. The molecule has 5 nitrogen and oxygen atoms in total. The molecule has 0 aliphatic carbocycles. The maximum absolute atomic E-state index is 14.3. The lowest BCUT2D eigenvalue weighted by atomic mass is 9.74. The molecule has 204 valence electrons. The van der Waals surface area contributed by atoms with E-state index in [1.807, 2.05) is 97.4 Å². The Bertz CT molecular complexity index is 1710. The van der Waals surface area contributed by atoms with E-state index < -0.39 is 11.8 Å². The van der Waals surface area contributed by atoms with Gasteiger partial charge in [0.1, 0.15) is 11.6 Å². The van der Waals surface area contributed by atoms with Crippen molar-refractivity contribution in [1.29, 1.82) is 0 Å². The normalized spacial score (nSPS) is 16.5. The number of fused-ring (bicyclic) bond motifs is 1. The summed E-state index contributed by atoms with van der Waals surface area (Å²) in [6.07, 6.45) is 0.0189. The molecule has 1 amide bonds. The summed E-state index contributed by atoms with van der Waals surface area (Å²) in [4.78, 5) is 29.9. The first-order valence-electron chi connectivity index (χ1n) is 13.9. The van der Waals surface area contributed by atoms with Crippen LogP contribution in [0.4, 0.5) is 10.2 Å². The number of amides is 1. The molecule has 2 heterocycles. The number of halogens is 1. The first-order chi connectivity index (χ1) is 20.0. The summed E-state index contributed by atoms with van der Waals surface area (Å²) in [5.41, 5.74) is 5.80. The van der Waals surface area contributed by atoms with Crippen LogP contribution in [-0.4, -0.2) is 28.0 Å². The Hall–Kier alpha value is -4.84. The Morgan fingerprint density at radius 1 is 0.854 bits per heavy atom. The minimum absolute atomic E-state index is 0.0189. The molecule has 41 heavy (non-hydrogen) atoms. The van der Waals surface area contributed by atoms with Crippen molar-refractivity contribution in [3.8, 4) is 16.8 Å². The van der Waals surface area contributed by atoms with E-state index in [-0.39, 0.29) is 23.9 Å². The molecule has 0 radical (unpaired) electrons. The largest absolute Gasteiger partial charge is 0.296 e. The summed E-state index contributed by atoms with van der Waals surface area (Å²) in [6.45, 7) is 4.29. The summed E-state index contributed by atoms with van der Waals surface area (Å²) in [7, 11) is 0. The molecule has 0 unspecified atom stereocenters. The molecule has 1 aliphatic rings. The second kappa shape index (κ2) is 11.0. The third-order valence-electron chi connectivity index (χ3n) is 7.88. The van der Waals surface area contributed by atoms with Crippen molar-refractivity contribution in [2.75, 3.05) is 11.4 Å². The smallest absolute Gasteiger partial charge is 0.232 e. The van der Waals surface area contributed by atoms with E-state index in [9.17, 15) is 14.0 Å². The van der Waals surface area contributed by atoms with Gasteiger partial charge in [-0.1, -0.05) is 78.9 Å². The SMILES string of the molecule is CCN1C(=O)[C@@H](CC(=O)c2cccc(-c3ccccc3)c2)[C@@H](c2ccc(F)cc2)c2c(C)nn(-c3ccccc3)c21. The number of rotatable bonds is 7. The number of carbonyl (C=O) groups is 2. The first-order valence-corrected chi connectivity index (χ1v) is 13.9. The molecule has 0 bridgehead atoms. The van der Waals surface area contributed by atoms with E-state index in [1.54, 1.807) is 23.1 Å². The lowest BCUT2D eigenvalue weighted by molar-refractivity contribution is -0.123. The van der Waals surface area contributed by atoms with Gasteiger partial charge in [-0.05, 0) is 60.9 Å². The van der Waals surface area contributed by atoms with Gasteiger partial charge in [-0.15, -0.1) is 0 Å². The highest BCUT2D eigenvalue weighted by atomic mass is 19.1. The molecule has 2 atom stereocenters. The van der Waals surface area contributed by atoms with Gasteiger partial charge in [0.25, 0.3) is 0 Å². The molecule has 1 aliphatic heterocycles. The zero-order chi connectivity index (χ0) is 28.5. The fraction of sp³-hybridized carbons (Fsp3) is 0.171. The summed E-state index contributed by atoms with van der Waals surface area (Å²) in [5.74, 6) is -1.04. The molecule has 0 N–H and O–H groups in total. The van der Waals surface area contributed by atoms with Crippen LogP contribution in [0.5, 0.6) is 0 Å². The van der Waals surface area contributed by atoms with E-state index in [2.05, 4.69) is 0 Å². The van der Waals surface area contributed by atoms with E-state index in [0.29, 0.717) is 17.9 Å². The summed E-state index contributed by atoms with van der Waals surface area (Å²) in [6, 6.07) is 33.4. The molecule has 0 fully saturated rings. The zero-order valence-corrected chi connectivity index (χ0v) is 23.0. The predicted molar refractivity (Wildman–Crippen MR) is 159 cm³/mol. The van der Waals surface area contributed by atoms with E-state index in [4.69, 9.17) is 5.10 Å². The van der Waals surface area contributed by atoms with Gasteiger partial charge in [-0.25, -0.2) is 9.07 Å². The van der Waals surface area contributed by atoms with Gasteiger partial charge in [-0.2, -0.15) is 5.10 Å². The number of Topliss-reactive ketones (excluding diaryl/α,β-unsaturated/α-hetero) is 1. The number of anilines is 1. The van der Waals surface area contributed by atoms with Crippen LogP contribution in [0, 0.1) is 18.7 Å².